The van der Waals surface area contributed by atoms with Crippen molar-refractivity contribution in [3.8, 4) is 22.4 Å². The van der Waals surface area contributed by atoms with Gasteiger partial charge in [-0.15, -0.1) is 0 Å². The van der Waals surface area contributed by atoms with Gasteiger partial charge in [0, 0.05) is 34.0 Å². The first-order valence-electron chi connectivity index (χ1n) is 13.8. The highest BCUT2D eigenvalue weighted by molar-refractivity contribution is 6.15. The van der Waals surface area contributed by atoms with E-state index < -0.39 is 6.10 Å². The minimum Gasteiger partial charge on any atom is -1.00 e. The SMILES string of the molecule is OC(CNc1cccc2ccccc12)Cn1c(-c2ccccc2)c(-c2ccccc2)c2ccc3ccccc3c21.[Cl-]. The number of benzene rings is 6. The topological polar surface area (TPSA) is 37.2 Å². The zero-order valence-electron chi connectivity index (χ0n) is 22.5. The Morgan fingerprint density at radius 2 is 1.15 bits per heavy atom. The monoisotopic (exact) mass is 553 g/mol. The number of nitrogens with zero attached hydrogens (tertiary/aromatic N) is 1. The van der Waals surface area contributed by atoms with E-state index in [9.17, 15) is 5.11 Å². The quantitative estimate of drug-likeness (QED) is 0.263. The summed E-state index contributed by atoms with van der Waals surface area (Å²) < 4.78 is 2.34. The van der Waals surface area contributed by atoms with Gasteiger partial charge in [-0.3, -0.25) is 0 Å². The summed E-state index contributed by atoms with van der Waals surface area (Å²) in [7, 11) is 0. The van der Waals surface area contributed by atoms with Crippen LogP contribution in [0.5, 0.6) is 0 Å². The van der Waals surface area contributed by atoms with E-state index in [1.807, 2.05) is 0 Å². The standard InChI is InChI=1S/C37H30N2O.ClH/c40-30(24-38-34-21-11-18-26-12-7-9-19-31(26)34)25-39-36(29-16-5-2-6-17-29)35(28-14-3-1-4-15-28)33-23-22-27-13-8-10-20-32(27)37(33)39;/h1-23,30,38,40H,24-25H2;1H/p-1. The van der Waals surface area contributed by atoms with Crippen molar-refractivity contribution in [3.63, 3.8) is 0 Å². The number of anilines is 1. The van der Waals surface area contributed by atoms with Crippen molar-refractivity contribution in [2.45, 2.75) is 12.6 Å². The van der Waals surface area contributed by atoms with Gasteiger partial charge < -0.3 is 27.4 Å². The second-order valence-electron chi connectivity index (χ2n) is 10.3. The van der Waals surface area contributed by atoms with Gasteiger partial charge in [-0.25, -0.2) is 0 Å². The van der Waals surface area contributed by atoms with E-state index >= 15 is 0 Å². The zero-order valence-corrected chi connectivity index (χ0v) is 23.3. The number of aromatic nitrogens is 1. The molecule has 7 aromatic rings. The number of halogens is 1. The van der Waals surface area contributed by atoms with Crippen molar-refractivity contribution in [2.75, 3.05) is 11.9 Å². The van der Waals surface area contributed by atoms with Crippen LogP contribution < -0.4 is 17.7 Å². The Morgan fingerprint density at radius 3 is 1.88 bits per heavy atom. The highest BCUT2D eigenvalue weighted by Crippen LogP contribution is 2.43. The minimum absolute atomic E-state index is 0. The molecule has 0 amide bonds. The number of aliphatic hydroxyl groups is 1. The lowest BCUT2D eigenvalue weighted by Gasteiger charge is -2.19. The predicted octanol–water partition coefficient (Wildman–Crippen LogP) is 5.76. The van der Waals surface area contributed by atoms with Crippen LogP contribution in [0.1, 0.15) is 0 Å². The Bertz CT molecular complexity index is 1940. The number of fused-ring (bicyclic) bond motifs is 4. The Hall–Kier alpha value is -4.57. The summed E-state index contributed by atoms with van der Waals surface area (Å²) in [4.78, 5) is 0. The van der Waals surface area contributed by atoms with Crippen LogP contribution in [0.3, 0.4) is 0 Å². The van der Waals surface area contributed by atoms with Crippen molar-refractivity contribution in [1.29, 1.82) is 0 Å². The van der Waals surface area contributed by atoms with Crippen LogP contribution in [0.15, 0.2) is 140 Å². The number of hydrogen-bond acceptors (Lipinski definition) is 2. The van der Waals surface area contributed by atoms with Crippen molar-refractivity contribution in [3.05, 3.63) is 140 Å². The molecule has 1 atom stereocenters. The van der Waals surface area contributed by atoms with E-state index in [1.54, 1.807) is 0 Å². The Balaban J connectivity index is 0.00000302. The van der Waals surface area contributed by atoms with Gasteiger partial charge in [0.2, 0.25) is 0 Å². The summed E-state index contributed by atoms with van der Waals surface area (Å²) in [6.45, 7) is 0.896. The average molecular weight is 554 g/mol. The van der Waals surface area contributed by atoms with Gasteiger partial charge in [0.05, 0.1) is 23.9 Å². The molecule has 0 aliphatic rings. The molecule has 2 N–H and O–H groups in total. The molecular formula is C37H30ClN2O-. The van der Waals surface area contributed by atoms with Crippen molar-refractivity contribution in [1.82, 2.24) is 4.57 Å². The van der Waals surface area contributed by atoms with Gasteiger partial charge >= 0.3 is 0 Å². The predicted molar refractivity (Wildman–Crippen MR) is 169 cm³/mol. The number of aliphatic hydroxyl groups excluding tert-OH is 1. The maximum Gasteiger partial charge on any atom is 0.0891 e. The lowest BCUT2D eigenvalue weighted by molar-refractivity contribution is -0.00000959. The van der Waals surface area contributed by atoms with Crippen molar-refractivity contribution in [2.24, 2.45) is 0 Å². The summed E-state index contributed by atoms with van der Waals surface area (Å²) in [6.07, 6.45) is -0.611. The molecule has 0 aliphatic carbocycles. The first-order chi connectivity index (χ1) is 19.8. The third kappa shape index (κ3) is 4.95. The molecule has 0 radical (unpaired) electrons. The smallest absolute Gasteiger partial charge is 0.0891 e. The molecule has 202 valence electrons. The Morgan fingerprint density at radius 1 is 0.561 bits per heavy atom. The fraction of sp³-hybridized carbons (Fsp3) is 0.0811. The maximum atomic E-state index is 11.5. The largest absolute Gasteiger partial charge is 1.00 e. The van der Waals surface area contributed by atoms with E-state index in [0.717, 1.165) is 27.8 Å². The molecule has 41 heavy (non-hydrogen) atoms. The molecule has 0 saturated carbocycles. The van der Waals surface area contributed by atoms with Gasteiger partial charge in [-0.1, -0.05) is 133 Å². The van der Waals surface area contributed by atoms with Gasteiger partial charge in [0.25, 0.3) is 0 Å². The zero-order chi connectivity index (χ0) is 26.9. The first-order valence-corrected chi connectivity index (χ1v) is 13.8. The first kappa shape index (κ1) is 26.6. The number of hydrogen-bond donors (Lipinski definition) is 2. The molecule has 3 nitrogen and oxygen atoms in total. The molecule has 7 rings (SSSR count). The van der Waals surface area contributed by atoms with Gasteiger partial charge in [-0.05, 0) is 28.0 Å². The molecule has 4 heteroatoms. The maximum absolute atomic E-state index is 11.5. The summed E-state index contributed by atoms with van der Waals surface area (Å²) in [5.74, 6) is 0. The second kappa shape index (κ2) is 11.5. The van der Waals surface area contributed by atoms with Gasteiger partial charge in [0.15, 0.2) is 0 Å². The molecule has 1 aromatic heterocycles. The summed E-state index contributed by atoms with van der Waals surface area (Å²) >= 11 is 0. The molecule has 0 aliphatic heterocycles. The summed E-state index contributed by atoms with van der Waals surface area (Å²) in [5, 5.41) is 21.0. The van der Waals surface area contributed by atoms with Crippen LogP contribution >= 0.6 is 0 Å². The molecule has 0 fully saturated rings. The van der Waals surface area contributed by atoms with E-state index in [4.69, 9.17) is 0 Å². The molecular weight excluding hydrogens is 524 g/mol. The highest BCUT2D eigenvalue weighted by Gasteiger charge is 2.23. The normalized spacial score (nSPS) is 11.9. The fourth-order valence-corrected chi connectivity index (χ4v) is 5.98. The van der Waals surface area contributed by atoms with E-state index in [1.165, 1.54) is 32.7 Å². The molecule has 0 spiro atoms. The Kier molecular flexibility index (Phi) is 7.47. The average Bonchev–Trinajstić information content (AvgIpc) is 3.35. The van der Waals surface area contributed by atoms with Gasteiger partial charge in [-0.2, -0.15) is 0 Å². The molecule has 1 heterocycles. The number of rotatable bonds is 7. The molecule has 0 bridgehead atoms. The highest BCUT2D eigenvalue weighted by atomic mass is 35.5. The fourth-order valence-electron chi connectivity index (χ4n) is 5.98. The lowest BCUT2D eigenvalue weighted by Crippen LogP contribution is -3.00. The van der Waals surface area contributed by atoms with Crippen LogP contribution in [0.4, 0.5) is 5.69 Å². The van der Waals surface area contributed by atoms with Crippen LogP contribution in [0, 0.1) is 0 Å². The number of nitrogens with one attached hydrogen (secondary N) is 1. The van der Waals surface area contributed by atoms with Crippen molar-refractivity contribution < 1.29 is 17.5 Å². The summed E-state index contributed by atoms with van der Waals surface area (Å²) in [6, 6.07) is 48.8. The van der Waals surface area contributed by atoms with E-state index in [2.05, 4.69) is 149 Å². The van der Waals surface area contributed by atoms with Crippen LogP contribution in [0.25, 0.3) is 54.8 Å². The van der Waals surface area contributed by atoms with Crippen LogP contribution in [-0.4, -0.2) is 22.3 Å². The van der Waals surface area contributed by atoms with Gasteiger partial charge in [0.1, 0.15) is 0 Å². The molecule has 6 aromatic carbocycles. The molecule has 1 unspecified atom stereocenters. The van der Waals surface area contributed by atoms with Crippen molar-refractivity contribution >= 4 is 38.1 Å². The molecule has 0 saturated heterocycles. The minimum atomic E-state index is -0.611. The van der Waals surface area contributed by atoms with E-state index in [-0.39, 0.29) is 12.4 Å². The Labute approximate surface area is 246 Å². The second-order valence-corrected chi connectivity index (χ2v) is 10.3. The summed E-state index contributed by atoms with van der Waals surface area (Å²) in [5.41, 5.74) is 6.82. The third-order valence-electron chi connectivity index (χ3n) is 7.77. The van der Waals surface area contributed by atoms with Crippen LogP contribution in [-0.2, 0) is 6.54 Å². The lowest BCUT2D eigenvalue weighted by atomic mass is 9.97. The third-order valence-corrected chi connectivity index (χ3v) is 7.77. The van der Waals surface area contributed by atoms with E-state index in [0.29, 0.717) is 13.1 Å². The van der Waals surface area contributed by atoms with Crippen LogP contribution in [0.2, 0.25) is 0 Å².